The van der Waals surface area contributed by atoms with Crippen LogP contribution in [-0.4, -0.2) is 89.5 Å². The fourth-order valence-corrected chi connectivity index (χ4v) is 16.2. The lowest BCUT2D eigenvalue weighted by atomic mass is 9.81. The highest BCUT2D eigenvalue weighted by Gasteiger charge is 2.38. The van der Waals surface area contributed by atoms with E-state index in [9.17, 15) is 45.9 Å². The van der Waals surface area contributed by atoms with Crippen molar-refractivity contribution in [1.29, 1.82) is 5.26 Å². The summed E-state index contributed by atoms with van der Waals surface area (Å²) < 4.78 is 97.7. The van der Waals surface area contributed by atoms with Gasteiger partial charge in [0.1, 0.15) is 58.0 Å². The Morgan fingerprint density at radius 1 is 0.537 bits per heavy atom. The van der Waals surface area contributed by atoms with Crippen LogP contribution in [0.1, 0.15) is 213 Å². The van der Waals surface area contributed by atoms with Gasteiger partial charge in [-0.15, -0.1) is 0 Å². The van der Waals surface area contributed by atoms with Gasteiger partial charge in [0.2, 0.25) is 35.5 Å². The zero-order valence-corrected chi connectivity index (χ0v) is 70.8. The molecule has 17 nitrogen and oxygen atoms in total. The molecule has 0 saturated heterocycles. The van der Waals surface area contributed by atoms with E-state index in [0.717, 1.165) is 167 Å². The summed E-state index contributed by atoms with van der Waals surface area (Å²) in [5, 5.41) is 23.0. The number of nitrogens with one attached hydrogen (secondary N) is 5. The van der Waals surface area contributed by atoms with Gasteiger partial charge >= 0.3 is 0 Å². The van der Waals surface area contributed by atoms with Crippen LogP contribution < -0.4 is 45.5 Å². The Hall–Kier alpha value is -11.2. The van der Waals surface area contributed by atoms with Gasteiger partial charge in [0.25, 0.3) is 0 Å². The molecule has 14 rings (SSSR count). The number of alkyl halides is 5. The minimum Gasteiger partial charge on any atom is -0.493 e. The second-order valence-corrected chi connectivity index (χ2v) is 33.8. The molecule has 5 aromatic carbocycles. The molecule has 22 heteroatoms. The van der Waals surface area contributed by atoms with Crippen LogP contribution in [0.4, 0.5) is 50.5 Å². The first-order chi connectivity index (χ1) is 57.7. The number of allylic oxidation sites excluding steroid dienone is 3. The summed E-state index contributed by atoms with van der Waals surface area (Å²) in [6.45, 7) is 32.1. The van der Waals surface area contributed by atoms with E-state index in [1.165, 1.54) is 36.1 Å². The van der Waals surface area contributed by atoms with E-state index in [4.69, 9.17) is 28.9 Å². The molecule has 4 saturated carbocycles. The molecule has 0 unspecified atom stereocenters. The SMILES string of the molecule is C=CC(=O)Nc1cc(/C=C/C2CCC(C)(F)CC2)c(C#N)cn1.C=CC(=O)Nc1cc(/C=C/C2CCC(C)(F)CC2)c2c(c1)CCO2.C=CC(=O)Nc1cc(/C=C/C2CCC(C)(F)CC2)c2c(c1)C[C@@H](C)O2.C=CC(=O)Nc1cc2c(c(-c3ccc(C(C)C)cc3)c1)OCC2.C=CC(=O)Nc1cc2c(c(COC3CCC(C(C)(F)F)CC3)c1)OCC2. The zero-order chi connectivity index (χ0) is 87.2. The first-order valence-corrected chi connectivity index (χ1v) is 42.2. The van der Waals surface area contributed by atoms with Crippen LogP contribution in [0.3, 0.4) is 0 Å². The van der Waals surface area contributed by atoms with E-state index in [0.29, 0.717) is 137 Å². The first kappa shape index (κ1) is 92.1. The maximum atomic E-state index is 13.9. The van der Waals surface area contributed by atoms with Gasteiger partial charge in [0, 0.05) is 99.5 Å². The van der Waals surface area contributed by atoms with E-state index in [1.807, 2.05) is 67.6 Å². The predicted octanol–water partition coefficient (Wildman–Crippen LogP) is 22.8. The number of nitriles is 1. The third-order valence-electron chi connectivity index (χ3n) is 23.4. The van der Waals surface area contributed by atoms with Crippen molar-refractivity contribution in [2.24, 2.45) is 23.7 Å². The maximum Gasteiger partial charge on any atom is 0.248 e. The average Bonchev–Trinajstić information content (AvgIpc) is 1.75. The van der Waals surface area contributed by atoms with Crippen LogP contribution in [0.25, 0.3) is 29.4 Å². The quantitative estimate of drug-likeness (QED) is 0.0316. The summed E-state index contributed by atoms with van der Waals surface area (Å²) in [6, 6.07) is 27.7. The van der Waals surface area contributed by atoms with E-state index < -0.39 is 28.8 Å². The van der Waals surface area contributed by atoms with E-state index in [2.05, 4.69) is 133 Å². The molecule has 1 aromatic heterocycles. The van der Waals surface area contributed by atoms with Crippen molar-refractivity contribution in [3.8, 4) is 40.2 Å². The van der Waals surface area contributed by atoms with Gasteiger partial charge in [-0.25, -0.2) is 26.9 Å². The van der Waals surface area contributed by atoms with Gasteiger partial charge in [-0.1, -0.05) is 107 Å². The number of halogens is 5. The Balaban J connectivity index is 0.000000159. The molecule has 642 valence electrons. The summed E-state index contributed by atoms with van der Waals surface area (Å²) in [5.41, 5.74) is 11.6. The molecule has 4 aliphatic heterocycles. The number of carbonyl (C=O) groups excluding carboxylic acids is 5. The highest BCUT2D eigenvalue weighted by Crippen LogP contribution is 2.45. The molecule has 4 aliphatic carbocycles. The number of fused-ring (bicyclic) bond motifs is 4. The van der Waals surface area contributed by atoms with Crippen LogP contribution >= 0.6 is 0 Å². The van der Waals surface area contributed by atoms with Gasteiger partial charge in [-0.3, -0.25) is 24.0 Å². The molecule has 1 atom stereocenters. The number of ether oxygens (including phenoxy) is 5. The summed E-state index contributed by atoms with van der Waals surface area (Å²) in [4.78, 5) is 61.7. The van der Waals surface area contributed by atoms with Crippen molar-refractivity contribution in [1.82, 2.24) is 4.98 Å². The Bertz CT molecular complexity index is 4860. The maximum absolute atomic E-state index is 13.9. The van der Waals surface area contributed by atoms with Gasteiger partial charge in [0.05, 0.1) is 38.1 Å². The van der Waals surface area contributed by atoms with Crippen molar-refractivity contribution in [2.45, 2.75) is 225 Å². The van der Waals surface area contributed by atoms with Gasteiger partial charge in [0.15, 0.2) is 0 Å². The average molecular weight is 1660 g/mol. The third-order valence-corrected chi connectivity index (χ3v) is 23.4. The molecular weight excluding hydrogens is 1540 g/mol. The minimum atomic E-state index is -2.61. The predicted molar refractivity (Wildman–Crippen MR) is 472 cm³/mol. The molecule has 4 fully saturated rings. The van der Waals surface area contributed by atoms with E-state index >= 15 is 0 Å². The number of carbonyl (C=O) groups is 5. The number of hydrogen-bond acceptors (Lipinski definition) is 12. The van der Waals surface area contributed by atoms with Gasteiger partial charge < -0.3 is 50.3 Å². The number of hydrogen-bond donors (Lipinski definition) is 5. The van der Waals surface area contributed by atoms with Crippen molar-refractivity contribution in [3.63, 3.8) is 0 Å². The van der Waals surface area contributed by atoms with E-state index in [1.54, 1.807) is 26.8 Å². The van der Waals surface area contributed by atoms with Crippen molar-refractivity contribution >= 4 is 76.3 Å². The third kappa shape index (κ3) is 27.2. The molecule has 5 amide bonds. The van der Waals surface area contributed by atoms with Crippen LogP contribution in [0.2, 0.25) is 0 Å². The largest absolute Gasteiger partial charge is 0.493 e. The highest BCUT2D eigenvalue weighted by atomic mass is 19.3. The molecular formula is C99H116F5N7O10. The molecule has 5 heterocycles. The van der Waals surface area contributed by atoms with E-state index in [-0.39, 0.29) is 41.7 Å². The second-order valence-electron chi connectivity index (χ2n) is 33.8. The second kappa shape index (κ2) is 42.4. The summed E-state index contributed by atoms with van der Waals surface area (Å²) in [5.74, 6) is 1.07. The van der Waals surface area contributed by atoms with Crippen LogP contribution in [0.15, 0.2) is 167 Å². The summed E-state index contributed by atoms with van der Waals surface area (Å²) in [6.07, 6.45) is 34.3. The standard InChI is InChI=1S/C21H26FNO2.C20H25F2NO3.C20H24FNO2.C20H21NO2.C18H20FN3O/c1-4-19(24)23-18-12-16(20-17(13-18)11-14(2)25-20)6-5-15-7-9-21(3,22)10-8-15;1-3-18(24)23-16-10-13-8-9-25-19(13)14(11-16)12-26-17-6-4-15(5-7-17)20(2,21)22;1-3-18(23)22-17-12-15(19-16(13-17)8-11-24-19)5-4-14-6-9-20(2,21)10-7-14;1-4-19(22)21-17-11-16-9-10-23-20(16)18(12-17)15-7-5-14(6-8-15)13(2)3;1-3-17(23)22-16-10-14(15(11-20)12-21-16)5-4-13-6-8-18(2,19)9-7-13/h4-6,12-15H,1,7-11H2,2-3H3,(H,23,24);3,10-11,15,17H,1,4-9,12H2,2H3,(H,23,24);3-5,12-14H,1,6-11H2,2H3,(H,22,23);4-8,11-13H,1,9-10H2,2-3H3,(H,21,22);3-5,10,12-13H,1,6-9H2,2H3,(H,21,22,23)/b6-5+;;5-4+;;5-4+/t14-,15?,21?;;;;/m1..../s1. The number of aromatic nitrogens is 1. The lowest BCUT2D eigenvalue weighted by Crippen LogP contribution is -2.31. The molecule has 8 aliphatic rings. The number of amides is 5. The lowest BCUT2D eigenvalue weighted by Gasteiger charge is -2.32. The van der Waals surface area contributed by atoms with Crippen molar-refractivity contribution in [3.05, 3.63) is 222 Å². The molecule has 0 bridgehead atoms. The zero-order valence-electron chi connectivity index (χ0n) is 70.8. The summed E-state index contributed by atoms with van der Waals surface area (Å²) >= 11 is 0. The lowest BCUT2D eigenvalue weighted by molar-refractivity contribution is -0.112. The van der Waals surface area contributed by atoms with Crippen LogP contribution in [-0.2, 0) is 61.0 Å². The Kier molecular flexibility index (Phi) is 32.2. The minimum absolute atomic E-state index is 0.0166. The first-order valence-electron chi connectivity index (χ1n) is 42.2. The topological polar surface area (TPSA) is 228 Å². The molecule has 121 heavy (non-hydrogen) atoms. The van der Waals surface area contributed by atoms with Gasteiger partial charge in [-0.2, -0.15) is 5.26 Å². The van der Waals surface area contributed by atoms with Gasteiger partial charge in [-0.05, 0) is 268 Å². The fraction of sp³-hybridized carbons (Fsp3) is 0.424. The van der Waals surface area contributed by atoms with Crippen molar-refractivity contribution < 1.29 is 69.6 Å². The smallest absolute Gasteiger partial charge is 0.248 e. The van der Waals surface area contributed by atoms with Crippen LogP contribution in [0, 0.1) is 35.0 Å². The monoisotopic (exact) mass is 1660 g/mol. The summed E-state index contributed by atoms with van der Waals surface area (Å²) in [7, 11) is 0. The number of benzene rings is 5. The number of anilines is 5. The Labute approximate surface area is 709 Å². The van der Waals surface area contributed by atoms with Crippen LogP contribution in [0.5, 0.6) is 23.0 Å². The number of nitrogens with zero attached hydrogens (tertiary/aromatic N) is 2. The highest BCUT2D eigenvalue weighted by molar-refractivity contribution is 6.02. The number of pyridine rings is 1. The fourth-order valence-electron chi connectivity index (χ4n) is 16.2. The van der Waals surface area contributed by atoms with Crippen molar-refractivity contribution in [2.75, 3.05) is 46.4 Å². The molecule has 5 N–H and O–H groups in total. The Morgan fingerprint density at radius 2 is 0.942 bits per heavy atom. The number of rotatable bonds is 22. The normalized spacial score (nSPS) is 22.8. The molecule has 6 aromatic rings. The Morgan fingerprint density at radius 3 is 1.40 bits per heavy atom. The molecule has 0 spiro atoms. The molecule has 0 radical (unpaired) electrons.